The number of ether oxygens (including phenoxy) is 3. The maximum atomic E-state index is 13.3. The van der Waals surface area contributed by atoms with Crippen LogP contribution in [0.5, 0.6) is 5.75 Å². The van der Waals surface area contributed by atoms with Gasteiger partial charge in [0, 0.05) is 23.2 Å². The van der Waals surface area contributed by atoms with Gasteiger partial charge in [0.15, 0.2) is 10.7 Å². The number of nitrogens with zero attached hydrogens (tertiary/aromatic N) is 1. The molecule has 0 spiro atoms. The quantitative estimate of drug-likeness (QED) is 0.164. The molecule has 3 rings (SSSR count). The zero-order valence-corrected chi connectivity index (χ0v) is 23.6. The highest BCUT2D eigenvalue weighted by molar-refractivity contribution is 7.96. The van der Waals surface area contributed by atoms with Crippen LogP contribution >= 0.6 is 11.6 Å². The molecule has 0 bridgehead atoms. The number of unbranched alkanes of at least 4 members (excludes halogenated alkanes) is 3. The van der Waals surface area contributed by atoms with E-state index in [0.29, 0.717) is 35.4 Å². The Labute approximate surface area is 234 Å². The number of carbonyl (C=O) groups excluding carboxylic acids is 2. The van der Waals surface area contributed by atoms with E-state index < -0.39 is 26.7 Å². The molecule has 0 aromatic heterocycles. The minimum atomic E-state index is -4.14. The summed E-state index contributed by atoms with van der Waals surface area (Å²) in [7, 11) is -4.14. The molecular formula is C29H32ClNO7S. The van der Waals surface area contributed by atoms with Gasteiger partial charge >= 0.3 is 11.9 Å². The Bertz CT molecular complexity index is 1370. The van der Waals surface area contributed by atoms with E-state index in [9.17, 15) is 18.0 Å². The average Bonchev–Trinajstić information content (AvgIpc) is 3.24. The molecule has 2 aromatic rings. The summed E-state index contributed by atoms with van der Waals surface area (Å²) in [4.78, 5) is 25.5. The Morgan fingerprint density at radius 2 is 1.74 bits per heavy atom. The van der Waals surface area contributed by atoms with Gasteiger partial charge in [-0.2, -0.15) is 0 Å². The molecule has 39 heavy (non-hydrogen) atoms. The summed E-state index contributed by atoms with van der Waals surface area (Å²) in [6, 6.07) is 12.9. The molecule has 2 aromatic carbocycles. The smallest absolute Gasteiger partial charge is 0.350 e. The summed E-state index contributed by atoms with van der Waals surface area (Å²) < 4.78 is 42.7. The van der Waals surface area contributed by atoms with E-state index >= 15 is 0 Å². The van der Waals surface area contributed by atoms with Crippen molar-refractivity contribution in [1.29, 1.82) is 0 Å². The van der Waals surface area contributed by atoms with Crippen LogP contribution in [0.1, 0.15) is 39.5 Å². The molecule has 0 amide bonds. The molecule has 0 atom stereocenters. The van der Waals surface area contributed by atoms with Crippen LogP contribution in [0.25, 0.3) is 0 Å². The van der Waals surface area contributed by atoms with Gasteiger partial charge in [-0.1, -0.05) is 42.8 Å². The van der Waals surface area contributed by atoms with Crippen LogP contribution in [-0.4, -0.2) is 40.1 Å². The lowest BCUT2D eigenvalue weighted by Crippen LogP contribution is -2.22. The lowest BCUT2D eigenvalue weighted by Gasteiger charge is -2.18. The highest BCUT2D eigenvalue weighted by atomic mass is 35.5. The number of hydrogen-bond acceptors (Lipinski definition) is 8. The number of anilines is 1. The first-order valence-electron chi connectivity index (χ1n) is 12.6. The molecular weight excluding hydrogens is 542 g/mol. The van der Waals surface area contributed by atoms with Gasteiger partial charge in [-0.15, -0.1) is 0 Å². The van der Waals surface area contributed by atoms with E-state index in [2.05, 4.69) is 6.58 Å². The van der Waals surface area contributed by atoms with Crippen molar-refractivity contribution in [3.63, 3.8) is 0 Å². The maximum absolute atomic E-state index is 13.3. The average molecular weight is 574 g/mol. The molecule has 0 aliphatic carbocycles. The second-order valence-electron chi connectivity index (χ2n) is 8.77. The fourth-order valence-electron chi connectivity index (χ4n) is 3.79. The summed E-state index contributed by atoms with van der Waals surface area (Å²) in [6.07, 6.45) is 5.88. The molecule has 208 valence electrons. The third-order valence-electron chi connectivity index (χ3n) is 5.75. The van der Waals surface area contributed by atoms with Gasteiger partial charge in [0.25, 0.3) is 0 Å². The third-order valence-corrected chi connectivity index (χ3v) is 7.76. The van der Waals surface area contributed by atoms with Gasteiger partial charge in [0.05, 0.1) is 23.8 Å². The summed E-state index contributed by atoms with van der Waals surface area (Å²) in [6.45, 7) is 7.69. The largest absolute Gasteiger partial charge is 0.462 e. The van der Waals surface area contributed by atoms with Crippen molar-refractivity contribution < 1.29 is 32.2 Å². The summed E-state index contributed by atoms with van der Waals surface area (Å²) in [5, 5.41) is 0.525. The lowest BCUT2D eigenvalue weighted by molar-refractivity contribution is -0.139. The molecule has 0 N–H and O–H groups in total. The Morgan fingerprint density at radius 1 is 1.03 bits per heavy atom. The first kappa shape index (κ1) is 30.0. The van der Waals surface area contributed by atoms with Crippen LogP contribution in [-0.2, 0) is 28.9 Å². The second kappa shape index (κ2) is 14.0. The van der Waals surface area contributed by atoms with E-state index in [1.165, 1.54) is 24.3 Å². The molecule has 0 radical (unpaired) electrons. The van der Waals surface area contributed by atoms with Crippen molar-refractivity contribution in [3.05, 3.63) is 88.6 Å². The number of halogens is 1. The maximum Gasteiger partial charge on any atom is 0.350 e. The fraction of sp³-hybridized carbons (Fsp3) is 0.310. The van der Waals surface area contributed by atoms with Crippen LogP contribution < -0.4 is 9.64 Å². The van der Waals surface area contributed by atoms with Crippen LogP contribution in [0, 0.1) is 0 Å². The zero-order chi connectivity index (χ0) is 28.4. The Kier molecular flexibility index (Phi) is 10.8. The second-order valence-corrected chi connectivity index (χ2v) is 11.1. The van der Waals surface area contributed by atoms with Crippen LogP contribution in [0.15, 0.2) is 88.5 Å². The van der Waals surface area contributed by atoms with Gasteiger partial charge < -0.3 is 19.1 Å². The van der Waals surface area contributed by atoms with E-state index in [0.717, 1.165) is 31.4 Å². The first-order valence-corrected chi connectivity index (χ1v) is 14.5. The number of carbonyl (C=O) groups is 2. The number of sulfone groups is 1. The molecule has 0 saturated carbocycles. The summed E-state index contributed by atoms with van der Waals surface area (Å²) in [5.41, 5.74) is 1.11. The molecule has 8 nitrogen and oxygen atoms in total. The topological polar surface area (TPSA) is 99.2 Å². The van der Waals surface area contributed by atoms with Gasteiger partial charge in [-0.3, -0.25) is 0 Å². The first-order chi connectivity index (χ1) is 18.6. The predicted octanol–water partition coefficient (Wildman–Crippen LogP) is 5.98. The number of allylic oxidation sites excluding steroid dienone is 2. The van der Waals surface area contributed by atoms with Gasteiger partial charge in [0.2, 0.25) is 15.7 Å². The fourth-order valence-corrected chi connectivity index (χ4v) is 5.25. The monoisotopic (exact) mass is 573 g/mol. The van der Waals surface area contributed by atoms with Gasteiger partial charge in [0.1, 0.15) is 0 Å². The third kappa shape index (κ3) is 7.97. The minimum Gasteiger partial charge on any atom is -0.462 e. The molecule has 1 aliphatic rings. The SMILES string of the molecule is C=C(C)C(=O)OCCCCCCN1/C(=C/C=C(/C(=O)OCC)S(=O)(=O)c2ccccc2)Oc2ccc(Cl)cc21. The number of benzene rings is 2. The lowest BCUT2D eigenvalue weighted by atomic mass is 10.2. The van der Waals surface area contributed by atoms with Crippen molar-refractivity contribution in [2.24, 2.45) is 0 Å². The molecule has 1 heterocycles. The number of hydrogen-bond donors (Lipinski definition) is 0. The van der Waals surface area contributed by atoms with Crippen molar-refractivity contribution in [2.75, 3.05) is 24.7 Å². The molecule has 0 fully saturated rings. The number of esters is 2. The normalized spacial score (nSPS) is 14.1. The van der Waals surface area contributed by atoms with Crippen molar-refractivity contribution in [1.82, 2.24) is 0 Å². The van der Waals surface area contributed by atoms with Crippen LogP contribution in [0.2, 0.25) is 5.02 Å². The molecule has 0 saturated heterocycles. The van der Waals surface area contributed by atoms with E-state index in [4.69, 9.17) is 25.8 Å². The molecule has 0 unspecified atom stereocenters. The van der Waals surface area contributed by atoms with Crippen LogP contribution in [0.4, 0.5) is 5.69 Å². The highest BCUT2D eigenvalue weighted by Gasteiger charge is 2.30. The summed E-state index contributed by atoms with van der Waals surface area (Å²) >= 11 is 6.23. The van der Waals surface area contributed by atoms with E-state index in [1.54, 1.807) is 50.2 Å². The zero-order valence-electron chi connectivity index (χ0n) is 22.0. The van der Waals surface area contributed by atoms with Crippen molar-refractivity contribution >= 4 is 39.1 Å². The molecule has 1 aliphatic heterocycles. The van der Waals surface area contributed by atoms with Gasteiger partial charge in [-0.05, 0) is 69.5 Å². The summed E-state index contributed by atoms with van der Waals surface area (Å²) in [5.74, 6) is -0.422. The standard InChI is InChI=1S/C29H32ClNO7S/c1-4-36-29(33)26(39(34,35)23-12-8-7-9-13-23)16-17-27-31(24-20-22(30)14-15-25(24)38-27)18-10-5-6-11-19-37-28(32)21(2)3/h7-9,12-17,20H,2,4-6,10-11,18-19H2,1,3H3/b26-16-,27-17-. The number of rotatable bonds is 13. The van der Waals surface area contributed by atoms with Crippen molar-refractivity contribution in [3.8, 4) is 5.75 Å². The van der Waals surface area contributed by atoms with Crippen LogP contribution in [0.3, 0.4) is 0 Å². The highest BCUT2D eigenvalue weighted by Crippen LogP contribution is 2.41. The Hall–Kier alpha value is -3.56. The molecule has 10 heteroatoms. The number of fused-ring (bicyclic) bond motifs is 1. The predicted molar refractivity (Wildman–Crippen MR) is 150 cm³/mol. The van der Waals surface area contributed by atoms with E-state index in [1.807, 2.05) is 4.90 Å². The minimum absolute atomic E-state index is 0.0177. The van der Waals surface area contributed by atoms with Gasteiger partial charge in [-0.25, -0.2) is 18.0 Å². The van der Waals surface area contributed by atoms with Crippen molar-refractivity contribution in [2.45, 2.75) is 44.4 Å². The Morgan fingerprint density at radius 3 is 2.44 bits per heavy atom. The Balaban J connectivity index is 1.80. The van der Waals surface area contributed by atoms with E-state index in [-0.39, 0.29) is 11.5 Å².